The molecular weight excluding hydrogens is 240 g/mol. The van der Waals surface area contributed by atoms with E-state index >= 15 is 0 Å². The lowest BCUT2D eigenvalue weighted by molar-refractivity contribution is -0.157. The van der Waals surface area contributed by atoms with Gasteiger partial charge in [-0.1, -0.05) is 20.8 Å². The van der Waals surface area contributed by atoms with E-state index in [1.807, 2.05) is 6.92 Å². The lowest BCUT2D eigenvalue weighted by Gasteiger charge is -2.42. The summed E-state index contributed by atoms with van der Waals surface area (Å²) in [5, 5.41) is 0. The normalized spacial score (nSPS) is 25.2. The van der Waals surface area contributed by atoms with Crippen LogP contribution in [0, 0.1) is 11.3 Å². The monoisotopic (exact) mass is 270 g/mol. The topological polar surface area (TPSA) is 35.5 Å². The molecule has 0 aliphatic heterocycles. The highest BCUT2D eigenvalue weighted by atomic mass is 16.5. The highest BCUT2D eigenvalue weighted by Crippen LogP contribution is 2.37. The van der Waals surface area contributed by atoms with Crippen molar-refractivity contribution in [3.05, 3.63) is 0 Å². The summed E-state index contributed by atoms with van der Waals surface area (Å²) in [4.78, 5) is 11.7. The van der Waals surface area contributed by atoms with E-state index in [1.165, 1.54) is 0 Å². The molecule has 0 heterocycles. The van der Waals surface area contributed by atoms with Crippen molar-refractivity contribution in [2.75, 3.05) is 6.61 Å². The lowest BCUT2D eigenvalue weighted by Crippen LogP contribution is -2.43. The van der Waals surface area contributed by atoms with Gasteiger partial charge in [-0.05, 0) is 51.9 Å². The van der Waals surface area contributed by atoms with Gasteiger partial charge < -0.3 is 9.47 Å². The second-order valence-corrected chi connectivity index (χ2v) is 7.10. The fourth-order valence-electron chi connectivity index (χ4n) is 2.27. The molecule has 0 unspecified atom stereocenters. The Morgan fingerprint density at radius 1 is 1.05 bits per heavy atom. The summed E-state index contributed by atoms with van der Waals surface area (Å²) in [5.41, 5.74) is -0.0284. The predicted molar refractivity (Wildman–Crippen MR) is 77.0 cm³/mol. The minimum absolute atomic E-state index is 0.0315. The predicted octanol–water partition coefficient (Wildman–Crippen LogP) is 3.95. The molecule has 1 aliphatic rings. The Balaban J connectivity index is 2.45. The highest BCUT2D eigenvalue weighted by Gasteiger charge is 2.37. The van der Waals surface area contributed by atoms with Crippen molar-refractivity contribution in [3.63, 3.8) is 0 Å². The Hall–Kier alpha value is -0.570. The molecule has 1 rings (SSSR count). The molecule has 0 saturated heterocycles. The average molecular weight is 270 g/mol. The maximum atomic E-state index is 11.7. The van der Waals surface area contributed by atoms with Gasteiger partial charge in [-0.2, -0.15) is 0 Å². The Bertz CT molecular complexity index is 294. The summed E-state index contributed by atoms with van der Waals surface area (Å²) in [6, 6.07) is 0. The number of esters is 1. The van der Waals surface area contributed by atoms with Gasteiger partial charge in [0.15, 0.2) is 0 Å². The van der Waals surface area contributed by atoms with Crippen LogP contribution in [0.3, 0.4) is 0 Å². The number of hydrogen-bond donors (Lipinski definition) is 0. The SMILES string of the molecule is CCOC(=O)[C@H]1CC[C@H](OC(C)(C)C(C)(C)C)CC1. The quantitative estimate of drug-likeness (QED) is 0.726. The third-order valence-electron chi connectivity index (χ3n) is 4.56. The molecule has 0 bridgehead atoms. The minimum atomic E-state index is -0.144. The van der Waals surface area contributed by atoms with Crippen LogP contribution in [0.4, 0.5) is 0 Å². The Morgan fingerprint density at radius 3 is 2.00 bits per heavy atom. The minimum Gasteiger partial charge on any atom is -0.466 e. The van der Waals surface area contributed by atoms with Crippen LogP contribution < -0.4 is 0 Å². The molecule has 1 fully saturated rings. The molecule has 0 spiro atoms. The first kappa shape index (κ1) is 16.5. The Kier molecular flexibility index (Phi) is 5.43. The van der Waals surface area contributed by atoms with Gasteiger partial charge in [0.05, 0.1) is 24.2 Å². The Morgan fingerprint density at radius 2 is 1.58 bits per heavy atom. The van der Waals surface area contributed by atoms with E-state index in [0.29, 0.717) is 6.61 Å². The lowest BCUT2D eigenvalue weighted by atomic mass is 9.78. The largest absolute Gasteiger partial charge is 0.466 e. The molecule has 0 atom stereocenters. The van der Waals surface area contributed by atoms with Crippen LogP contribution in [0.5, 0.6) is 0 Å². The number of carbonyl (C=O) groups excluding carboxylic acids is 1. The fourth-order valence-corrected chi connectivity index (χ4v) is 2.27. The van der Waals surface area contributed by atoms with E-state index in [9.17, 15) is 4.79 Å². The molecule has 0 aromatic rings. The smallest absolute Gasteiger partial charge is 0.308 e. The van der Waals surface area contributed by atoms with Gasteiger partial charge in [-0.15, -0.1) is 0 Å². The maximum Gasteiger partial charge on any atom is 0.308 e. The van der Waals surface area contributed by atoms with E-state index < -0.39 is 0 Å². The zero-order valence-electron chi connectivity index (χ0n) is 13.4. The highest BCUT2D eigenvalue weighted by molar-refractivity contribution is 5.72. The van der Waals surface area contributed by atoms with Crippen LogP contribution in [0.15, 0.2) is 0 Å². The second kappa shape index (κ2) is 6.25. The van der Waals surface area contributed by atoms with E-state index in [-0.39, 0.29) is 29.0 Å². The van der Waals surface area contributed by atoms with Crippen LogP contribution >= 0.6 is 0 Å². The summed E-state index contributed by atoms with van der Waals surface area (Å²) in [6.07, 6.45) is 3.99. The van der Waals surface area contributed by atoms with Gasteiger partial charge in [0, 0.05) is 0 Å². The van der Waals surface area contributed by atoms with E-state index in [1.54, 1.807) is 0 Å². The van der Waals surface area contributed by atoms with Crippen LogP contribution in [0.25, 0.3) is 0 Å². The summed E-state index contributed by atoms with van der Waals surface area (Å²) < 4.78 is 11.4. The van der Waals surface area contributed by atoms with Gasteiger partial charge >= 0.3 is 5.97 Å². The van der Waals surface area contributed by atoms with E-state index in [2.05, 4.69) is 34.6 Å². The summed E-state index contributed by atoms with van der Waals surface area (Å²) in [6.45, 7) is 13.3. The van der Waals surface area contributed by atoms with E-state index in [4.69, 9.17) is 9.47 Å². The standard InChI is InChI=1S/C16H30O3/c1-7-18-14(17)12-8-10-13(11-9-12)19-16(5,6)15(2,3)4/h12-13H,7-11H2,1-6H3/t12-,13-. The fraction of sp³-hybridized carbons (Fsp3) is 0.938. The molecule has 0 aromatic heterocycles. The van der Waals surface area contributed by atoms with Gasteiger partial charge in [0.1, 0.15) is 0 Å². The molecular formula is C16H30O3. The second-order valence-electron chi connectivity index (χ2n) is 7.10. The molecule has 1 aliphatic carbocycles. The third kappa shape index (κ3) is 4.48. The van der Waals surface area contributed by atoms with Crippen molar-refractivity contribution < 1.29 is 14.3 Å². The van der Waals surface area contributed by atoms with Crippen LogP contribution in [0.1, 0.15) is 67.2 Å². The summed E-state index contributed by atoms with van der Waals surface area (Å²) >= 11 is 0. The Labute approximate surface area is 118 Å². The summed E-state index contributed by atoms with van der Waals surface area (Å²) in [7, 11) is 0. The molecule has 0 aromatic carbocycles. The van der Waals surface area contributed by atoms with Crippen LogP contribution in [-0.4, -0.2) is 24.3 Å². The van der Waals surface area contributed by atoms with Gasteiger partial charge in [-0.25, -0.2) is 0 Å². The van der Waals surface area contributed by atoms with Crippen LogP contribution in [0.2, 0.25) is 0 Å². The average Bonchev–Trinajstić information content (AvgIpc) is 2.28. The number of ether oxygens (including phenoxy) is 2. The van der Waals surface area contributed by atoms with Crippen molar-refractivity contribution in [1.29, 1.82) is 0 Å². The number of rotatable bonds is 4. The van der Waals surface area contributed by atoms with Gasteiger partial charge in [-0.3, -0.25) is 4.79 Å². The molecule has 0 radical (unpaired) electrons. The van der Waals surface area contributed by atoms with Crippen molar-refractivity contribution in [2.24, 2.45) is 11.3 Å². The number of carbonyl (C=O) groups is 1. The molecule has 0 amide bonds. The van der Waals surface area contributed by atoms with Crippen molar-refractivity contribution in [2.45, 2.75) is 78.9 Å². The van der Waals surface area contributed by atoms with Crippen LogP contribution in [-0.2, 0) is 14.3 Å². The summed E-state index contributed by atoms with van der Waals surface area (Å²) in [5.74, 6) is 0.0496. The third-order valence-corrected chi connectivity index (χ3v) is 4.56. The number of hydrogen-bond acceptors (Lipinski definition) is 3. The molecule has 1 saturated carbocycles. The molecule has 3 heteroatoms. The van der Waals surface area contributed by atoms with Crippen molar-refractivity contribution >= 4 is 5.97 Å². The van der Waals surface area contributed by atoms with Gasteiger partial charge in [0.25, 0.3) is 0 Å². The van der Waals surface area contributed by atoms with E-state index in [0.717, 1.165) is 25.7 Å². The zero-order valence-corrected chi connectivity index (χ0v) is 13.4. The van der Waals surface area contributed by atoms with Crippen molar-refractivity contribution in [3.8, 4) is 0 Å². The van der Waals surface area contributed by atoms with Gasteiger partial charge in [0.2, 0.25) is 0 Å². The molecule has 0 N–H and O–H groups in total. The molecule has 112 valence electrons. The first-order valence-corrected chi connectivity index (χ1v) is 7.52. The van der Waals surface area contributed by atoms with Crippen molar-refractivity contribution in [1.82, 2.24) is 0 Å². The zero-order chi connectivity index (χ0) is 14.7. The molecule has 19 heavy (non-hydrogen) atoms. The first-order valence-electron chi connectivity index (χ1n) is 7.52. The maximum absolute atomic E-state index is 11.7. The molecule has 3 nitrogen and oxygen atoms in total. The first-order chi connectivity index (χ1) is 8.67.